The molecule has 1 aliphatic heterocycles. The number of hydrogen-bond donors (Lipinski definition) is 1. The number of fused-ring (bicyclic) bond motifs is 5. The van der Waals surface area contributed by atoms with Gasteiger partial charge in [0.1, 0.15) is 17.7 Å². The van der Waals surface area contributed by atoms with Crippen LogP contribution in [0, 0.1) is 0 Å². The monoisotopic (exact) mass is 360 g/mol. The molecule has 1 aliphatic rings. The van der Waals surface area contributed by atoms with Crippen molar-refractivity contribution in [1.29, 1.82) is 0 Å². The summed E-state index contributed by atoms with van der Waals surface area (Å²) >= 11 is 1.73. The van der Waals surface area contributed by atoms with E-state index in [-0.39, 0.29) is 5.60 Å². The molecule has 6 nitrogen and oxygen atoms in total. The van der Waals surface area contributed by atoms with Crippen LogP contribution < -0.4 is 4.90 Å². The molecule has 0 amide bonds. The topological polar surface area (TPSA) is 56.8 Å². The molecule has 0 aliphatic carbocycles. The number of unbranched alkanes of at least 4 members (excludes halogenated alkanes) is 1. The van der Waals surface area contributed by atoms with Gasteiger partial charge in [-0.25, -0.2) is 14.5 Å². The van der Waals surface area contributed by atoms with E-state index in [1.165, 1.54) is 33.6 Å². The van der Waals surface area contributed by atoms with Crippen LogP contribution in [-0.2, 0) is 24.3 Å². The first-order valence-electron chi connectivity index (χ1n) is 9.06. The minimum Gasteiger partial charge on any atom is -0.370 e. The van der Waals surface area contributed by atoms with E-state index in [9.17, 15) is 0 Å². The van der Waals surface area contributed by atoms with Gasteiger partial charge in [0.2, 0.25) is 5.82 Å². The van der Waals surface area contributed by atoms with Crippen molar-refractivity contribution in [1.82, 2.24) is 19.6 Å². The molecule has 0 fully saturated rings. The van der Waals surface area contributed by atoms with E-state index in [0.29, 0.717) is 6.61 Å². The molecule has 1 unspecified atom stereocenters. The minimum atomic E-state index is -0.138. The SMILES string of the molecule is CCCC[NH+](C)Cc1nc2c3c4c(sc3ncn2n1)COC(C)(C)C4. The Morgan fingerprint density at radius 3 is 3.04 bits per heavy atom. The highest BCUT2D eigenvalue weighted by atomic mass is 32.1. The molecule has 0 saturated carbocycles. The van der Waals surface area contributed by atoms with Crippen molar-refractivity contribution in [3.63, 3.8) is 0 Å². The Bertz CT molecular complexity index is 913. The second kappa shape index (κ2) is 6.30. The lowest BCUT2D eigenvalue weighted by Gasteiger charge is -2.30. The molecule has 0 spiro atoms. The quantitative estimate of drug-likeness (QED) is 0.756. The number of thiophene rings is 1. The van der Waals surface area contributed by atoms with Crippen molar-refractivity contribution in [2.45, 2.75) is 58.8 Å². The first-order chi connectivity index (χ1) is 12.0. The molecule has 134 valence electrons. The molecule has 3 aromatic heterocycles. The molecule has 0 radical (unpaired) electrons. The van der Waals surface area contributed by atoms with Gasteiger partial charge in [0, 0.05) is 11.3 Å². The molecule has 25 heavy (non-hydrogen) atoms. The Hall–Kier alpha value is -1.57. The molecule has 0 saturated heterocycles. The lowest BCUT2D eigenvalue weighted by Crippen LogP contribution is -3.07. The van der Waals surface area contributed by atoms with Crippen LogP contribution in [0.5, 0.6) is 0 Å². The van der Waals surface area contributed by atoms with Crippen molar-refractivity contribution in [2.24, 2.45) is 0 Å². The molecule has 3 aromatic rings. The summed E-state index contributed by atoms with van der Waals surface area (Å²) in [6.07, 6.45) is 5.15. The van der Waals surface area contributed by atoms with Crippen molar-refractivity contribution >= 4 is 27.2 Å². The summed E-state index contributed by atoms with van der Waals surface area (Å²) in [4.78, 5) is 13.3. The van der Waals surface area contributed by atoms with E-state index in [4.69, 9.17) is 9.72 Å². The maximum atomic E-state index is 5.97. The zero-order valence-corrected chi connectivity index (χ0v) is 16.2. The predicted octanol–water partition coefficient (Wildman–Crippen LogP) is 2.01. The van der Waals surface area contributed by atoms with Crippen LogP contribution in [0.3, 0.4) is 0 Å². The average Bonchev–Trinajstić information content (AvgIpc) is 3.11. The zero-order chi connectivity index (χ0) is 17.6. The van der Waals surface area contributed by atoms with E-state index in [1.807, 2.05) is 4.52 Å². The largest absolute Gasteiger partial charge is 0.370 e. The minimum absolute atomic E-state index is 0.138. The molecule has 1 atom stereocenters. The van der Waals surface area contributed by atoms with Gasteiger partial charge >= 0.3 is 0 Å². The maximum absolute atomic E-state index is 5.97. The van der Waals surface area contributed by atoms with Crippen molar-refractivity contribution in [2.75, 3.05) is 13.6 Å². The Kier molecular flexibility index (Phi) is 4.25. The second-order valence-electron chi connectivity index (χ2n) is 7.69. The van der Waals surface area contributed by atoms with Crippen LogP contribution in [0.25, 0.3) is 15.9 Å². The second-order valence-corrected chi connectivity index (χ2v) is 8.77. The standard InChI is InChI=1S/C18H25N5OS/c1-5-6-7-22(4)9-14-20-16-15-12-8-18(2,3)24-10-13(12)25-17(15)19-11-23(16)21-14/h11H,5-10H2,1-4H3/p+1. The molecular weight excluding hydrogens is 334 g/mol. The van der Waals surface area contributed by atoms with Gasteiger partial charge in [-0.15, -0.1) is 16.4 Å². The highest BCUT2D eigenvalue weighted by molar-refractivity contribution is 7.19. The highest BCUT2D eigenvalue weighted by Crippen LogP contribution is 2.39. The van der Waals surface area contributed by atoms with Crippen LogP contribution >= 0.6 is 11.3 Å². The Morgan fingerprint density at radius 1 is 1.40 bits per heavy atom. The van der Waals surface area contributed by atoms with Crippen molar-refractivity contribution < 1.29 is 9.64 Å². The van der Waals surface area contributed by atoms with Crippen LogP contribution in [0.1, 0.15) is 49.9 Å². The summed E-state index contributed by atoms with van der Waals surface area (Å²) in [6.45, 7) is 9.19. The summed E-state index contributed by atoms with van der Waals surface area (Å²) < 4.78 is 7.81. The molecule has 4 heterocycles. The third kappa shape index (κ3) is 3.16. The summed E-state index contributed by atoms with van der Waals surface area (Å²) in [5.41, 5.74) is 2.15. The van der Waals surface area contributed by atoms with Crippen molar-refractivity contribution in [3.8, 4) is 0 Å². The summed E-state index contributed by atoms with van der Waals surface area (Å²) in [5, 5.41) is 5.84. The number of nitrogens with zero attached hydrogens (tertiary/aromatic N) is 4. The third-order valence-electron chi connectivity index (χ3n) is 4.87. The predicted molar refractivity (Wildman–Crippen MR) is 99.1 cm³/mol. The third-order valence-corrected chi connectivity index (χ3v) is 5.98. The lowest BCUT2D eigenvalue weighted by atomic mass is 9.94. The lowest BCUT2D eigenvalue weighted by molar-refractivity contribution is -0.894. The molecular formula is C18H26N5OS+. The number of ether oxygens (including phenoxy) is 1. The first-order valence-corrected chi connectivity index (χ1v) is 9.88. The van der Waals surface area contributed by atoms with Crippen LogP contribution in [0.2, 0.25) is 0 Å². The maximum Gasteiger partial charge on any atom is 0.206 e. The fourth-order valence-electron chi connectivity index (χ4n) is 3.50. The van der Waals surface area contributed by atoms with E-state index < -0.39 is 0 Å². The number of nitrogens with one attached hydrogen (secondary N) is 1. The Labute approximate surface area is 151 Å². The zero-order valence-electron chi connectivity index (χ0n) is 15.4. The highest BCUT2D eigenvalue weighted by Gasteiger charge is 2.30. The van der Waals surface area contributed by atoms with Gasteiger partial charge < -0.3 is 9.64 Å². The van der Waals surface area contributed by atoms with Crippen LogP contribution in [0.15, 0.2) is 6.33 Å². The number of hydrogen-bond acceptors (Lipinski definition) is 5. The fourth-order valence-corrected chi connectivity index (χ4v) is 4.56. The normalized spacial score (nSPS) is 17.9. The van der Waals surface area contributed by atoms with Gasteiger partial charge in [-0.1, -0.05) is 13.3 Å². The van der Waals surface area contributed by atoms with Gasteiger partial charge in [0.25, 0.3) is 0 Å². The van der Waals surface area contributed by atoms with Gasteiger partial charge in [-0.05, 0) is 25.8 Å². The summed E-state index contributed by atoms with van der Waals surface area (Å²) in [6, 6.07) is 0. The number of rotatable bonds is 5. The fraction of sp³-hybridized carbons (Fsp3) is 0.611. The van der Waals surface area contributed by atoms with E-state index in [1.54, 1.807) is 17.7 Å². The van der Waals surface area contributed by atoms with Crippen molar-refractivity contribution in [3.05, 3.63) is 22.6 Å². The van der Waals surface area contributed by atoms with Crippen LogP contribution in [-0.4, -0.2) is 38.8 Å². The Balaban J connectivity index is 1.75. The van der Waals surface area contributed by atoms with Gasteiger partial charge in [-0.2, -0.15) is 0 Å². The average molecular weight is 361 g/mol. The van der Waals surface area contributed by atoms with Gasteiger partial charge in [0.05, 0.1) is 31.2 Å². The van der Waals surface area contributed by atoms with E-state index >= 15 is 0 Å². The Morgan fingerprint density at radius 2 is 2.24 bits per heavy atom. The molecule has 4 rings (SSSR count). The van der Waals surface area contributed by atoms with Gasteiger partial charge in [-0.3, -0.25) is 0 Å². The smallest absolute Gasteiger partial charge is 0.206 e. The summed E-state index contributed by atoms with van der Waals surface area (Å²) in [5.74, 6) is 0.897. The van der Waals surface area contributed by atoms with Gasteiger partial charge in [0.15, 0.2) is 5.65 Å². The van der Waals surface area contributed by atoms with Crippen LogP contribution in [0.4, 0.5) is 0 Å². The molecule has 0 bridgehead atoms. The number of aromatic nitrogens is 4. The summed E-state index contributed by atoms with van der Waals surface area (Å²) in [7, 11) is 2.21. The first kappa shape index (κ1) is 16.9. The van der Waals surface area contributed by atoms with E-state index in [2.05, 4.69) is 37.9 Å². The molecule has 0 aromatic carbocycles. The molecule has 7 heteroatoms. The van der Waals surface area contributed by atoms with E-state index in [0.717, 1.165) is 35.8 Å². The molecule has 1 N–H and O–H groups in total. The number of quaternary nitrogens is 1.